The van der Waals surface area contributed by atoms with Gasteiger partial charge in [-0.3, -0.25) is 0 Å². The zero-order valence-corrected chi connectivity index (χ0v) is 13.6. The maximum absolute atomic E-state index is 12.3. The maximum Gasteiger partial charge on any atom is 0.342 e. The molecule has 0 heterocycles. The highest BCUT2D eigenvalue weighted by molar-refractivity contribution is 6.17. The summed E-state index contributed by atoms with van der Waals surface area (Å²) in [4.78, 5) is 12.3. The number of carbonyl (C=O) groups is 1. The fraction of sp³-hybridized carbons (Fsp3) is 0.588. The van der Waals surface area contributed by atoms with E-state index in [2.05, 4.69) is 0 Å². The lowest BCUT2D eigenvalue weighted by molar-refractivity contribution is 0.0521. The molecule has 0 atom stereocenters. The molecule has 3 nitrogen and oxygen atoms in total. The number of hydrogen-bond acceptors (Lipinski definition) is 3. The Morgan fingerprint density at radius 1 is 1.29 bits per heavy atom. The fourth-order valence-electron chi connectivity index (χ4n) is 3.22. The van der Waals surface area contributed by atoms with E-state index in [1.807, 2.05) is 6.92 Å². The standard InChI is InChI=1S/C17H23ClO3/c1-3-21-17(20)15-14-8-5-4-7-12(14)11(2)13(16(15)19)9-6-10-18/h19H,3-10H2,1-2H3. The van der Waals surface area contributed by atoms with Gasteiger partial charge in [-0.1, -0.05) is 0 Å². The quantitative estimate of drug-likeness (QED) is 0.662. The molecular weight excluding hydrogens is 288 g/mol. The van der Waals surface area contributed by atoms with Crippen molar-refractivity contribution in [3.05, 3.63) is 27.8 Å². The predicted molar refractivity (Wildman–Crippen MR) is 84.5 cm³/mol. The lowest BCUT2D eigenvalue weighted by atomic mass is 9.81. The van der Waals surface area contributed by atoms with Gasteiger partial charge in [-0.05, 0) is 74.6 Å². The molecule has 0 aromatic heterocycles. The third kappa shape index (κ3) is 3.18. The molecule has 0 spiro atoms. The number of carbonyl (C=O) groups excluding carboxylic acids is 1. The summed E-state index contributed by atoms with van der Waals surface area (Å²) >= 11 is 5.78. The van der Waals surface area contributed by atoms with Gasteiger partial charge in [0.25, 0.3) is 0 Å². The second kappa shape index (κ2) is 7.17. The van der Waals surface area contributed by atoms with E-state index in [0.29, 0.717) is 24.5 Å². The maximum atomic E-state index is 12.3. The van der Waals surface area contributed by atoms with Gasteiger partial charge in [-0.15, -0.1) is 11.6 Å². The van der Waals surface area contributed by atoms with E-state index in [1.165, 1.54) is 5.56 Å². The molecule has 0 saturated heterocycles. The number of rotatable bonds is 5. The molecule has 0 radical (unpaired) electrons. The number of alkyl halides is 1. The number of esters is 1. The third-order valence-electron chi connectivity index (χ3n) is 4.24. The first-order valence-electron chi connectivity index (χ1n) is 7.71. The van der Waals surface area contributed by atoms with Gasteiger partial charge >= 0.3 is 5.97 Å². The molecule has 0 aliphatic heterocycles. The van der Waals surface area contributed by atoms with Crippen molar-refractivity contribution < 1.29 is 14.6 Å². The van der Waals surface area contributed by atoms with Gasteiger partial charge in [0.15, 0.2) is 0 Å². The van der Waals surface area contributed by atoms with Crippen LogP contribution < -0.4 is 0 Å². The van der Waals surface area contributed by atoms with Crippen LogP contribution >= 0.6 is 11.6 Å². The molecule has 0 amide bonds. The minimum atomic E-state index is -0.403. The minimum absolute atomic E-state index is 0.108. The molecular formula is C17H23ClO3. The SMILES string of the molecule is CCOC(=O)c1c(O)c(CCCCl)c(C)c2c1CCCC2. The minimum Gasteiger partial charge on any atom is -0.507 e. The molecule has 0 fully saturated rings. The van der Waals surface area contributed by atoms with E-state index in [0.717, 1.165) is 48.8 Å². The van der Waals surface area contributed by atoms with Crippen LogP contribution in [0.2, 0.25) is 0 Å². The highest BCUT2D eigenvalue weighted by atomic mass is 35.5. The summed E-state index contributed by atoms with van der Waals surface area (Å²) in [5.74, 6) is 0.252. The van der Waals surface area contributed by atoms with Crippen LogP contribution in [0, 0.1) is 6.92 Å². The van der Waals surface area contributed by atoms with E-state index in [-0.39, 0.29) is 5.75 Å². The Kier molecular flexibility index (Phi) is 5.51. The van der Waals surface area contributed by atoms with Gasteiger partial charge in [0.05, 0.1) is 6.61 Å². The second-order valence-electron chi connectivity index (χ2n) is 5.50. The number of halogens is 1. The fourth-order valence-corrected chi connectivity index (χ4v) is 3.35. The van der Waals surface area contributed by atoms with E-state index in [1.54, 1.807) is 6.92 Å². The Morgan fingerprint density at radius 3 is 2.57 bits per heavy atom. The summed E-state index contributed by atoms with van der Waals surface area (Å²) in [6.45, 7) is 4.14. The summed E-state index contributed by atoms with van der Waals surface area (Å²) in [6, 6.07) is 0. The number of hydrogen-bond donors (Lipinski definition) is 1. The van der Waals surface area contributed by atoms with Crippen molar-refractivity contribution in [1.29, 1.82) is 0 Å². The van der Waals surface area contributed by atoms with Gasteiger partial charge in [0.2, 0.25) is 0 Å². The van der Waals surface area contributed by atoms with E-state index < -0.39 is 5.97 Å². The van der Waals surface area contributed by atoms with Gasteiger partial charge < -0.3 is 9.84 Å². The van der Waals surface area contributed by atoms with E-state index in [9.17, 15) is 9.90 Å². The van der Waals surface area contributed by atoms with Gasteiger partial charge in [0, 0.05) is 5.88 Å². The molecule has 1 aromatic carbocycles. The van der Waals surface area contributed by atoms with Crippen molar-refractivity contribution in [2.75, 3.05) is 12.5 Å². The molecule has 0 unspecified atom stereocenters. The molecule has 1 aromatic rings. The summed E-state index contributed by atoms with van der Waals surface area (Å²) in [7, 11) is 0. The molecule has 2 rings (SSSR count). The van der Waals surface area contributed by atoms with Crippen LogP contribution in [0.1, 0.15) is 58.8 Å². The molecule has 1 N–H and O–H groups in total. The smallest absolute Gasteiger partial charge is 0.342 e. The van der Waals surface area contributed by atoms with E-state index >= 15 is 0 Å². The van der Waals surface area contributed by atoms with Crippen molar-refractivity contribution in [1.82, 2.24) is 0 Å². The number of benzene rings is 1. The van der Waals surface area contributed by atoms with Crippen LogP contribution in [0.25, 0.3) is 0 Å². The zero-order chi connectivity index (χ0) is 15.4. The molecule has 1 aliphatic rings. The summed E-state index contributed by atoms with van der Waals surface area (Å²) in [5, 5.41) is 10.6. The topological polar surface area (TPSA) is 46.5 Å². The number of aromatic hydroxyl groups is 1. The number of fused-ring (bicyclic) bond motifs is 1. The van der Waals surface area contributed by atoms with Crippen molar-refractivity contribution in [2.45, 2.75) is 52.4 Å². The van der Waals surface area contributed by atoms with Crippen molar-refractivity contribution in [3.8, 4) is 5.75 Å². The van der Waals surface area contributed by atoms with Crippen molar-refractivity contribution >= 4 is 17.6 Å². The summed E-state index contributed by atoms with van der Waals surface area (Å²) in [5.41, 5.74) is 4.59. The third-order valence-corrected chi connectivity index (χ3v) is 4.50. The van der Waals surface area contributed by atoms with Crippen LogP contribution in [-0.4, -0.2) is 23.6 Å². The number of ether oxygens (including phenoxy) is 1. The first-order valence-corrected chi connectivity index (χ1v) is 8.24. The zero-order valence-electron chi connectivity index (χ0n) is 12.8. The van der Waals surface area contributed by atoms with Crippen LogP contribution in [-0.2, 0) is 24.0 Å². The Balaban J connectivity index is 2.58. The number of phenols is 1. The first-order chi connectivity index (χ1) is 10.1. The highest BCUT2D eigenvalue weighted by Crippen LogP contribution is 2.38. The van der Waals surface area contributed by atoms with Gasteiger partial charge in [-0.2, -0.15) is 0 Å². The second-order valence-corrected chi connectivity index (χ2v) is 5.88. The highest BCUT2D eigenvalue weighted by Gasteiger charge is 2.27. The van der Waals surface area contributed by atoms with Gasteiger partial charge in [-0.25, -0.2) is 4.79 Å². The molecule has 21 heavy (non-hydrogen) atoms. The average molecular weight is 311 g/mol. The molecule has 1 aliphatic carbocycles. The van der Waals surface area contributed by atoms with E-state index in [4.69, 9.17) is 16.3 Å². The van der Waals surface area contributed by atoms with Crippen LogP contribution in [0.5, 0.6) is 5.75 Å². The average Bonchev–Trinajstić information content (AvgIpc) is 2.47. The summed E-state index contributed by atoms with van der Waals surface area (Å²) in [6.07, 6.45) is 5.49. The normalized spacial score (nSPS) is 13.9. The van der Waals surface area contributed by atoms with Crippen LogP contribution in [0.4, 0.5) is 0 Å². The van der Waals surface area contributed by atoms with Gasteiger partial charge in [0.1, 0.15) is 11.3 Å². The lowest BCUT2D eigenvalue weighted by Crippen LogP contribution is -2.16. The molecule has 4 heteroatoms. The Labute approximate surface area is 131 Å². The lowest BCUT2D eigenvalue weighted by Gasteiger charge is -2.25. The summed E-state index contributed by atoms with van der Waals surface area (Å²) < 4.78 is 5.15. The molecule has 0 bridgehead atoms. The Morgan fingerprint density at radius 2 is 1.95 bits per heavy atom. The first kappa shape index (κ1) is 16.2. The van der Waals surface area contributed by atoms with Crippen molar-refractivity contribution in [2.24, 2.45) is 0 Å². The molecule has 0 saturated carbocycles. The number of phenolic OH excluding ortho intramolecular Hbond substituents is 1. The van der Waals surface area contributed by atoms with Crippen molar-refractivity contribution in [3.63, 3.8) is 0 Å². The molecule has 116 valence electrons. The predicted octanol–water partition coefficient (Wildman–Crippen LogP) is 3.93. The monoisotopic (exact) mass is 310 g/mol. The van der Waals surface area contributed by atoms with Crippen LogP contribution in [0.15, 0.2) is 0 Å². The largest absolute Gasteiger partial charge is 0.507 e. The Bertz CT molecular complexity index is 538. The Hall–Kier alpha value is -1.22. The van der Waals surface area contributed by atoms with Crippen LogP contribution in [0.3, 0.4) is 0 Å².